The van der Waals surface area contributed by atoms with E-state index in [-0.39, 0.29) is 17.3 Å². The number of nitrogens with one attached hydrogen (secondary N) is 1. The molecule has 0 aromatic heterocycles. The van der Waals surface area contributed by atoms with Crippen molar-refractivity contribution < 1.29 is 9.13 Å². The van der Waals surface area contributed by atoms with Gasteiger partial charge in [0.25, 0.3) is 0 Å². The average molecular weight is 266 g/mol. The summed E-state index contributed by atoms with van der Waals surface area (Å²) >= 11 is 0. The third-order valence-electron chi connectivity index (χ3n) is 4.48. The average Bonchev–Trinajstić information content (AvgIpc) is 2.85. The molecule has 0 bridgehead atoms. The molecule has 0 radical (unpaired) electrons. The highest BCUT2D eigenvalue weighted by Gasteiger charge is 2.36. The van der Waals surface area contributed by atoms with E-state index in [1.54, 1.807) is 12.1 Å². The van der Waals surface area contributed by atoms with E-state index >= 15 is 0 Å². The van der Waals surface area contributed by atoms with Gasteiger partial charge in [-0.15, -0.1) is 0 Å². The minimum atomic E-state index is -0.271. The molecule has 1 fully saturated rings. The second-order valence-electron chi connectivity index (χ2n) is 5.72. The summed E-state index contributed by atoms with van der Waals surface area (Å²) in [6.07, 6.45) is 5.35. The summed E-state index contributed by atoms with van der Waals surface area (Å²) in [5, 5.41) is 0. The van der Waals surface area contributed by atoms with Crippen LogP contribution in [0.4, 0.5) is 4.39 Å². The van der Waals surface area contributed by atoms with E-state index in [4.69, 9.17) is 10.6 Å². The summed E-state index contributed by atoms with van der Waals surface area (Å²) < 4.78 is 19.2. The Kier molecular flexibility index (Phi) is 4.42. The number of hydrogen-bond acceptors (Lipinski definition) is 3. The van der Waals surface area contributed by atoms with Gasteiger partial charge in [0.15, 0.2) is 11.6 Å². The molecule has 19 heavy (non-hydrogen) atoms. The lowest BCUT2D eigenvalue weighted by Crippen LogP contribution is -2.47. The quantitative estimate of drug-likeness (QED) is 0.636. The Balaban J connectivity index is 2.19. The molecular formula is C15H23FN2O. The van der Waals surface area contributed by atoms with Gasteiger partial charge in [-0.05, 0) is 36.3 Å². The Morgan fingerprint density at radius 2 is 2.11 bits per heavy atom. The van der Waals surface area contributed by atoms with Crippen LogP contribution in [0.3, 0.4) is 0 Å². The Hall–Kier alpha value is -1.13. The highest BCUT2D eigenvalue weighted by molar-refractivity contribution is 5.31. The molecule has 3 N–H and O–H groups in total. The van der Waals surface area contributed by atoms with E-state index in [1.165, 1.54) is 20.0 Å². The molecule has 1 saturated carbocycles. The number of rotatable bonds is 5. The number of ether oxygens (including phenoxy) is 1. The lowest BCUT2D eigenvalue weighted by atomic mass is 9.78. The molecule has 1 aliphatic carbocycles. The summed E-state index contributed by atoms with van der Waals surface area (Å²) in [5.74, 6) is 5.73. The van der Waals surface area contributed by atoms with Gasteiger partial charge in [-0.1, -0.05) is 31.9 Å². The van der Waals surface area contributed by atoms with Crippen LogP contribution in [0.2, 0.25) is 0 Å². The van der Waals surface area contributed by atoms with Gasteiger partial charge in [0.05, 0.1) is 7.11 Å². The maximum absolute atomic E-state index is 14.2. The molecule has 1 aliphatic rings. The minimum Gasteiger partial charge on any atom is -0.494 e. The smallest absolute Gasteiger partial charge is 0.168 e. The number of methoxy groups -OCH3 is 1. The van der Waals surface area contributed by atoms with Crippen LogP contribution in [-0.4, -0.2) is 13.2 Å². The number of nitrogens with two attached hydrogens (primary N) is 1. The maximum Gasteiger partial charge on any atom is 0.168 e. The van der Waals surface area contributed by atoms with Crippen LogP contribution in [0, 0.1) is 11.2 Å². The Labute approximate surface area is 114 Å². The van der Waals surface area contributed by atoms with E-state index in [9.17, 15) is 4.39 Å². The van der Waals surface area contributed by atoms with Crippen molar-refractivity contribution in [1.82, 2.24) is 5.43 Å². The van der Waals surface area contributed by atoms with Crippen molar-refractivity contribution >= 4 is 0 Å². The van der Waals surface area contributed by atoms with Crippen molar-refractivity contribution in [1.29, 1.82) is 0 Å². The van der Waals surface area contributed by atoms with Gasteiger partial charge in [-0.3, -0.25) is 11.3 Å². The van der Waals surface area contributed by atoms with Gasteiger partial charge in [0, 0.05) is 6.04 Å². The van der Waals surface area contributed by atoms with Crippen LogP contribution in [-0.2, 0) is 6.42 Å². The van der Waals surface area contributed by atoms with E-state index < -0.39 is 0 Å². The SMILES string of the molecule is COc1cccc(CC(NN)C2(C)CCCC2)c1F. The van der Waals surface area contributed by atoms with Crippen LogP contribution >= 0.6 is 0 Å². The Morgan fingerprint density at radius 3 is 2.68 bits per heavy atom. The third-order valence-corrected chi connectivity index (χ3v) is 4.48. The fraction of sp³-hybridized carbons (Fsp3) is 0.600. The molecule has 1 aromatic rings. The lowest BCUT2D eigenvalue weighted by Gasteiger charge is -2.33. The zero-order chi connectivity index (χ0) is 13.9. The van der Waals surface area contributed by atoms with E-state index in [0.717, 1.165) is 12.8 Å². The van der Waals surface area contributed by atoms with Crippen LogP contribution < -0.4 is 16.0 Å². The highest BCUT2D eigenvalue weighted by atomic mass is 19.1. The summed E-state index contributed by atoms with van der Waals surface area (Å²) in [5.41, 5.74) is 3.71. The van der Waals surface area contributed by atoms with Crippen molar-refractivity contribution in [2.75, 3.05) is 7.11 Å². The number of halogens is 1. The van der Waals surface area contributed by atoms with Crippen molar-refractivity contribution in [2.24, 2.45) is 11.3 Å². The second kappa shape index (κ2) is 5.88. The van der Waals surface area contributed by atoms with Gasteiger partial charge in [-0.2, -0.15) is 0 Å². The molecular weight excluding hydrogens is 243 g/mol. The normalized spacial score (nSPS) is 19.4. The van der Waals surface area contributed by atoms with Crippen molar-refractivity contribution in [3.8, 4) is 5.75 Å². The molecule has 1 unspecified atom stereocenters. The van der Waals surface area contributed by atoms with E-state index in [1.807, 2.05) is 6.07 Å². The molecule has 1 atom stereocenters. The fourth-order valence-corrected chi connectivity index (χ4v) is 3.13. The fourth-order valence-electron chi connectivity index (χ4n) is 3.13. The first-order valence-electron chi connectivity index (χ1n) is 6.88. The molecule has 3 nitrogen and oxygen atoms in total. The van der Waals surface area contributed by atoms with E-state index in [2.05, 4.69) is 12.3 Å². The molecule has 0 aliphatic heterocycles. The summed E-state index contributed by atoms with van der Waals surface area (Å²) in [4.78, 5) is 0. The Bertz CT molecular complexity index is 430. The predicted octanol–water partition coefficient (Wildman–Crippen LogP) is 2.79. The van der Waals surface area contributed by atoms with Crippen LogP contribution in [0.25, 0.3) is 0 Å². The molecule has 0 amide bonds. The van der Waals surface area contributed by atoms with Gasteiger partial charge in [-0.25, -0.2) is 4.39 Å². The third kappa shape index (κ3) is 2.90. The molecule has 1 aromatic carbocycles. The standard InChI is InChI=1S/C15H23FN2O/c1-15(8-3-4-9-15)13(18-17)10-11-6-5-7-12(19-2)14(11)16/h5-7,13,18H,3-4,8-10,17H2,1-2H3. The van der Waals surface area contributed by atoms with Crippen molar-refractivity contribution in [2.45, 2.75) is 45.1 Å². The molecule has 0 saturated heterocycles. The van der Waals surface area contributed by atoms with Crippen LogP contribution in [0.15, 0.2) is 18.2 Å². The molecule has 2 rings (SSSR count). The van der Waals surface area contributed by atoms with Gasteiger partial charge >= 0.3 is 0 Å². The largest absolute Gasteiger partial charge is 0.494 e. The first-order valence-corrected chi connectivity index (χ1v) is 6.88. The zero-order valence-corrected chi connectivity index (χ0v) is 11.7. The Morgan fingerprint density at radius 1 is 1.42 bits per heavy atom. The second-order valence-corrected chi connectivity index (χ2v) is 5.72. The minimum absolute atomic E-state index is 0.0941. The maximum atomic E-state index is 14.2. The van der Waals surface area contributed by atoms with E-state index in [0.29, 0.717) is 17.7 Å². The van der Waals surface area contributed by atoms with Gasteiger partial charge in [0.2, 0.25) is 0 Å². The molecule has 4 heteroatoms. The summed E-state index contributed by atoms with van der Waals surface area (Å²) in [6, 6.07) is 5.36. The monoisotopic (exact) mass is 266 g/mol. The van der Waals surface area contributed by atoms with Crippen molar-refractivity contribution in [3.05, 3.63) is 29.6 Å². The number of hydrogen-bond donors (Lipinski definition) is 2. The first-order chi connectivity index (χ1) is 9.10. The van der Waals surface area contributed by atoms with Gasteiger partial charge in [0.1, 0.15) is 0 Å². The topological polar surface area (TPSA) is 47.3 Å². The van der Waals surface area contributed by atoms with Crippen LogP contribution in [0.1, 0.15) is 38.2 Å². The van der Waals surface area contributed by atoms with Crippen LogP contribution in [0.5, 0.6) is 5.75 Å². The summed E-state index contributed by atoms with van der Waals surface area (Å²) in [6.45, 7) is 2.24. The predicted molar refractivity (Wildman–Crippen MR) is 74.3 cm³/mol. The number of hydrazine groups is 1. The molecule has 0 spiro atoms. The zero-order valence-electron chi connectivity index (χ0n) is 11.7. The van der Waals surface area contributed by atoms with Crippen molar-refractivity contribution in [3.63, 3.8) is 0 Å². The highest BCUT2D eigenvalue weighted by Crippen LogP contribution is 2.41. The van der Waals surface area contributed by atoms with Gasteiger partial charge < -0.3 is 4.74 Å². The molecule has 106 valence electrons. The number of benzene rings is 1. The first kappa shape index (κ1) is 14.3. The molecule has 0 heterocycles. The lowest BCUT2D eigenvalue weighted by molar-refractivity contribution is 0.219. The summed E-state index contributed by atoms with van der Waals surface area (Å²) in [7, 11) is 1.49.